The van der Waals surface area contributed by atoms with E-state index in [1.807, 2.05) is 24.3 Å². The zero-order chi connectivity index (χ0) is 10.6. The first-order valence-corrected chi connectivity index (χ1v) is 4.41. The monoisotopic (exact) mass is 193 g/mol. The lowest BCUT2D eigenvalue weighted by atomic mass is 10.2. The molecule has 76 valence electrons. The number of urea groups is 1. The Morgan fingerprint density at radius 3 is 2.36 bits per heavy atom. The molecule has 0 spiro atoms. The second-order valence-electron chi connectivity index (χ2n) is 3.23. The molecule has 0 unspecified atom stereocenters. The van der Waals surface area contributed by atoms with E-state index in [2.05, 4.69) is 5.32 Å². The summed E-state index contributed by atoms with van der Waals surface area (Å²) in [7, 11) is 3.40. The molecular weight excluding hydrogens is 178 g/mol. The summed E-state index contributed by atoms with van der Waals surface area (Å²) in [6, 6.07) is 7.33. The molecule has 0 aliphatic carbocycles. The molecule has 3 N–H and O–H groups in total. The molecule has 1 rings (SSSR count). The van der Waals surface area contributed by atoms with Gasteiger partial charge in [-0.1, -0.05) is 12.1 Å². The number of nitrogens with two attached hydrogens (primary N) is 1. The van der Waals surface area contributed by atoms with Gasteiger partial charge in [0, 0.05) is 26.3 Å². The Morgan fingerprint density at radius 1 is 1.36 bits per heavy atom. The van der Waals surface area contributed by atoms with Gasteiger partial charge in [0.05, 0.1) is 0 Å². The summed E-state index contributed by atoms with van der Waals surface area (Å²) < 4.78 is 0. The largest absolute Gasteiger partial charge is 0.331 e. The van der Waals surface area contributed by atoms with Crippen LogP contribution in [0.3, 0.4) is 0 Å². The van der Waals surface area contributed by atoms with Crippen molar-refractivity contribution in [2.75, 3.05) is 19.4 Å². The van der Waals surface area contributed by atoms with Crippen molar-refractivity contribution in [2.45, 2.75) is 6.54 Å². The van der Waals surface area contributed by atoms with Crippen molar-refractivity contribution < 1.29 is 4.79 Å². The van der Waals surface area contributed by atoms with Crippen molar-refractivity contribution in [3.05, 3.63) is 29.8 Å². The number of nitrogens with one attached hydrogen (secondary N) is 1. The lowest BCUT2D eigenvalue weighted by Gasteiger charge is -2.11. The molecule has 0 bridgehead atoms. The fourth-order valence-corrected chi connectivity index (χ4v) is 0.959. The van der Waals surface area contributed by atoms with Crippen molar-refractivity contribution in [3.63, 3.8) is 0 Å². The Hall–Kier alpha value is -1.55. The first-order valence-electron chi connectivity index (χ1n) is 4.41. The number of hydrogen-bond acceptors (Lipinski definition) is 2. The maximum Gasteiger partial charge on any atom is 0.321 e. The number of carbonyl (C=O) groups excluding carboxylic acids is 1. The Kier molecular flexibility index (Phi) is 3.48. The second-order valence-corrected chi connectivity index (χ2v) is 3.23. The molecule has 0 radical (unpaired) electrons. The number of benzene rings is 1. The molecule has 0 aliphatic heterocycles. The van der Waals surface area contributed by atoms with E-state index in [9.17, 15) is 4.79 Å². The van der Waals surface area contributed by atoms with Crippen LogP contribution in [0.5, 0.6) is 0 Å². The highest BCUT2D eigenvalue weighted by molar-refractivity contribution is 5.88. The minimum absolute atomic E-state index is 0.134. The van der Waals surface area contributed by atoms with Crippen LogP contribution in [0.1, 0.15) is 5.56 Å². The molecule has 0 saturated heterocycles. The van der Waals surface area contributed by atoms with Gasteiger partial charge in [-0.25, -0.2) is 4.79 Å². The van der Waals surface area contributed by atoms with Gasteiger partial charge in [0.15, 0.2) is 0 Å². The van der Waals surface area contributed by atoms with E-state index in [4.69, 9.17) is 5.73 Å². The molecule has 2 amide bonds. The van der Waals surface area contributed by atoms with Gasteiger partial charge < -0.3 is 16.0 Å². The van der Waals surface area contributed by atoms with E-state index in [0.29, 0.717) is 6.54 Å². The van der Waals surface area contributed by atoms with Crippen molar-refractivity contribution in [2.24, 2.45) is 5.73 Å². The third-order valence-electron chi connectivity index (χ3n) is 1.85. The molecule has 0 heterocycles. The minimum Gasteiger partial charge on any atom is -0.331 e. The molecule has 1 aromatic carbocycles. The van der Waals surface area contributed by atoms with Gasteiger partial charge in [0.25, 0.3) is 0 Å². The van der Waals surface area contributed by atoms with E-state index in [0.717, 1.165) is 11.3 Å². The molecule has 0 aromatic heterocycles. The van der Waals surface area contributed by atoms with E-state index < -0.39 is 0 Å². The molecule has 4 heteroatoms. The smallest absolute Gasteiger partial charge is 0.321 e. The number of anilines is 1. The van der Waals surface area contributed by atoms with Gasteiger partial charge in [0.1, 0.15) is 0 Å². The maximum atomic E-state index is 11.3. The zero-order valence-electron chi connectivity index (χ0n) is 8.45. The van der Waals surface area contributed by atoms with Gasteiger partial charge >= 0.3 is 6.03 Å². The third-order valence-corrected chi connectivity index (χ3v) is 1.85. The van der Waals surface area contributed by atoms with Crippen LogP contribution in [0.15, 0.2) is 24.3 Å². The fraction of sp³-hybridized carbons (Fsp3) is 0.300. The normalized spacial score (nSPS) is 9.64. The van der Waals surface area contributed by atoms with Crippen LogP contribution in [0.4, 0.5) is 10.5 Å². The van der Waals surface area contributed by atoms with Gasteiger partial charge in [-0.2, -0.15) is 0 Å². The highest BCUT2D eigenvalue weighted by Gasteiger charge is 2.02. The topological polar surface area (TPSA) is 58.4 Å². The fourth-order valence-electron chi connectivity index (χ4n) is 0.959. The summed E-state index contributed by atoms with van der Waals surface area (Å²) in [6.45, 7) is 0.516. The number of hydrogen-bond donors (Lipinski definition) is 2. The highest BCUT2D eigenvalue weighted by atomic mass is 16.2. The van der Waals surface area contributed by atoms with E-state index in [1.54, 1.807) is 14.1 Å². The van der Waals surface area contributed by atoms with Gasteiger partial charge in [0.2, 0.25) is 0 Å². The number of carbonyl (C=O) groups is 1. The molecular formula is C10H15N3O. The Bertz CT molecular complexity index is 306. The Labute approximate surface area is 83.7 Å². The van der Waals surface area contributed by atoms with Crippen LogP contribution in [0.25, 0.3) is 0 Å². The molecule has 0 atom stereocenters. The van der Waals surface area contributed by atoms with E-state index in [1.165, 1.54) is 4.90 Å². The average molecular weight is 193 g/mol. The van der Waals surface area contributed by atoms with Crippen molar-refractivity contribution in [3.8, 4) is 0 Å². The van der Waals surface area contributed by atoms with Crippen LogP contribution in [-0.2, 0) is 6.54 Å². The molecule has 0 saturated carbocycles. The third kappa shape index (κ3) is 2.74. The quantitative estimate of drug-likeness (QED) is 0.742. The summed E-state index contributed by atoms with van der Waals surface area (Å²) in [5.74, 6) is 0. The SMILES string of the molecule is CN(C)C(=O)Nc1ccc(CN)cc1. The highest BCUT2D eigenvalue weighted by Crippen LogP contribution is 2.09. The van der Waals surface area contributed by atoms with Gasteiger partial charge in [-0.3, -0.25) is 0 Å². The second kappa shape index (κ2) is 4.62. The summed E-state index contributed by atoms with van der Waals surface area (Å²) in [6.07, 6.45) is 0. The maximum absolute atomic E-state index is 11.3. The lowest BCUT2D eigenvalue weighted by molar-refractivity contribution is 0.230. The van der Waals surface area contributed by atoms with Crippen LogP contribution in [0, 0.1) is 0 Å². The Morgan fingerprint density at radius 2 is 1.93 bits per heavy atom. The van der Waals surface area contributed by atoms with Crippen molar-refractivity contribution >= 4 is 11.7 Å². The zero-order valence-corrected chi connectivity index (χ0v) is 8.45. The average Bonchev–Trinajstić information content (AvgIpc) is 2.19. The van der Waals surface area contributed by atoms with E-state index >= 15 is 0 Å². The van der Waals surface area contributed by atoms with Crippen molar-refractivity contribution in [1.29, 1.82) is 0 Å². The predicted octanol–water partition coefficient (Wildman–Crippen LogP) is 1.24. The van der Waals surface area contributed by atoms with Crippen LogP contribution < -0.4 is 11.1 Å². The summed E-state index contributed by atoms with van der Waals surface area (Å²) >= 11 is 0. The molecule has 0 fully saturated rings. The Balaban J connectivity index is 2.64. The van der Waals surface area contributed by atoms with Crippen LogP contribution >= 0.6 is 0 Å². The number of rotatable bonds is 2. The minimum atomic E-state index is -0.134. The first kappa shape index (κ1) is 10.5. The van der Waals surface area contributed by atoms with Gasteiger partial charge in [-0.05, 0) is 17.7 Å². The van der Waals surface area contributed by atoms with Crippen LogP contribution in [-0.4, -0.2) is 25.0 Å². The standard InChI is InChI=1S/C10H15N3O/c1-13(2)10(14)12-9-5-3-8(7-11)4-6-9/h3-6H,7,11H2,1-2H3,(H,12,14). The molecule has 4 nitrogen and oxygen atoms in total. The van der Waals surface area contributed by atoms with Gasteiger partial charge in [-0.15, -0.1) is 0 Å². The molecule has 0 aliphatic rings. The van der Waals surface area contributed by atoms with Crippen LogP contribution in [0.2, 0.25) is 0 Å². The molecule has 14 heavy (non-hydrogen) atoms. The first-order chi connectivity index (χ1) is 6.63. The molecule has 1 aromatic rings. The summed E-state index contributed by atoms with van der Waals surface area (Å²) in [5, 5.41) is 2.74. The predicted molar refractivity (Wildman–Crippen MR) is 57.0 cm³/mol. The number of amides is 2. The van der Waals surface area contributed by atoms with E-state index in [-0.39, 0.29) is 6.03 Å². The summed E-state index contributed by atoms with van der Waals surface area (Å²) in [5.41, 5.74) is 7.28. The summed E-state index contributed by atoms with van der Waals surface area (Å²) in [4.78, 5) is 12.7. The lowest BCUT2D eigenvalue weighted by Crippen LogP contribution is -2.27. The number of nitrogens with zero attached hydrogens (tertiary/aromatic N) is 1. The van der Waals surface area contributed by atoms with Crippen molar-refractivity contribution in [1.82, 2.24) is 4.90 Å².